The molecule has 2 aromatic carbocycles. The van der Waals surface area contributed by atoms with E-state index in [0.29, 0.717) is 43.9 Å². The second kappa shape index (κ2) is 8.16. The number of benzene rings is 2. The summed E-state index contributed by atoms with van der Waals surface area (Å²) in [7, 11) is -3.52. The number of carbonyl (C=O) groups excluding carboxylic acids is 1. The number of aryl methyl sites for hydroxylation is 3. The Kier molecular flexibility index (Phi) is 5.35. The van der Waals surface area contributed by atoms with Crippen molar-refractivity contribution in [1.29, 1.82) is 0 Å². The van der Waals surface area contributed by atoms with Gasteiger partial charge in [0, 0.05) is 32.6 Å². The maximum atomic E-state index is 13.1. The molecule has 7 nitrogen and oxygen atoms in total. The Morgan fingerprint density at radius 1 is 0.903 bits per heavy atom. The molecule has 164 valence electrons. The van der Waals surface area contributed by atoms with Crippen LogP contribution in [0.15, 0.2) is 41.3 Å². The smallest absolute Gasteiger partial charge is 0.243 e. The first-order valence-corrected chi connectivity index (χ1v) is 12.2. The number of carbonyl (C=O) groups is 1. The van der Waals surface area contributed by atoms with Crippen LogP contribution in [0.2, 0.25) is 0 Å². The van der Waals surface area contributed by atoms with E-state index >= 15 is 0 Å². The fourth-order valence-corrected chi connectivity index (χ4v) is 6.01. The first kappa shape index (κ1) is 20.3. The predicted molar refractivity (Wildman–Crippen MR) is 115 cm³/mol. The van der Waals surface area contributed by atoms with Crippen molar-refractivity contribution in [3.8, 4) is 11.5 Å². The molecule has 2 aromatic rings. The molecular weight excluding hydrogens is 416 g/mol. The van der Waals surface area contributed by atoms with Crippen LogP contribution in [0.1, 0.15) is 29.5 Å². The molecular formula is C23H26N2O5S. The summed E-state index contributed by atoms with van der Waals surface area (Å²) in [5.41, 5.74) is 3.44. The predicted octanol–water partition coefficient (Wildman–Crippen LogP) is 2.37. The van der Waals surface area contributed by atoms with Crippen LogP contribution < -0.4 is 9.47 Å². The maximum absolute atomic E-state index is 13.1. The average molecular weight is 443 g/mol. The van der Waals surface area contributed by atoms with E-state index in [1.54, 1.807) is 11.0 Å². The van der Waals surface area contributed by atoms with Crippen molar-refractivity contribution < 1.29 is 22.7 Å². The van der Waals surface area contributed by atoms with Gasteiger partial charge in [-0.3, -0.25) is 4.79 Å². The molecule has 1 saturated heterocycles. The summed E-state index contributed by atoms with van der Waals surface area (Å²) in [6, 6.07) is 11.2. The summed E-state index contributed by atoms with van der Waals surface area (Å²) >= 11 is 0. The van der Waals surface area contributed by atoms with Gasteiger partial charge in [-0.05, 0) is 66.6 Å². The van der Waals surface area contributed by atoms with E-state index in [1.807, 2.05) is 30.3 Å². The van der Waals surface area contributed by atoms with Crippen molar-refractivity contribution >= 4 is 15.9 Å². The van der Waals surface area contributed by atoms with Gasteiger partial charge in [-0.15, -0.1) is 0 Å². The largest absolute Gasteiger partial charge is 0.454 e. The Bertz CT molecular complexity index is 1110. The van der Waals surface area contributed by atoms with Crippen molar-refractivity contribution in [3.05, 3.63) is 53.1 Å². The standard InChI is InChI=1S/C23H26N2O5S/c26-23(9-5-17-4-8-21-22(14-17)30-16-29-21)24-10-12-25(13-11-24)31(27,28)20-7-6-18-2-1-3-19(18)15-20/h4,6-8,14-15H,1-3,5,9-13,16H2. The van der Waals surface area contributed by atoms with E-state index in [-0.39, 0.29) is 12.7 Å². The van der Waals surface area contributed by atoms with E-state index in [2.05, 4.69) is 0 Å². The molecule has 0 saturated carbocycles. The third-order valence-electron chi connectivity index (χ3n) is 6.36. The van der Waals surface area contributed by atoms with Gasteiger partial charge in [-0.25, -0.2) is 8.42 Å². The number of amides is 1. The molecule has 0 radical (unpaired) electrons. The minimum Gasteiger partial charge on any atom is -0.454 e. The molecule has 1 fully saturated rings. The van der Waals surface area contributed by atoms with Crippen molar-refractivity contribution in [2.45, 2.75) is 37.0 Å². The van der Waals surface area contributed by atoms with Crippen LogP contribution in [0.3, 0.4) is 0 Å². The number of hydrogen-bond acceptors (Lipinski definition) is 5. The second-order valence-electron chi connectivity index (χ2n) is 8.26. The average Bonchev–Trinajstić information content (AvgIpc) is 3.45. The minimum absolute atomic E-state index is 0.0484. The molecule has 2 heterocycles. The Morgan fingerprint density at radius 2 is 1.68 bits per heavy atom. The molecule has 0 spiro atoms. The number of rotatable bonds is 5. The Morgan fingerprint density at radius 3 is 2.52 bits per heavy atom. The van der Waals surface area contributed by atoms with Gasteiger partial charge in [-0.1, -0.05) is 12.1 Å². The van der Waals surface area contributed by atoms with Gasteiger partial charge in [0.2, 0.25) is 22.7 Å². The fraction of sp³-hybridized carbons (Fsp3) is 0.435. The lowest BCUT2D eigenvalue weighted by Crippen LogP contribution is -2.50. The van der Waals surface area contributed by atoms with Crippen LogP contribution in [-0.4, -0.2) is 56.5 Å². The topological polar surface area (TPSA) is 76.2 Å². The van der Waals surface area contributed by atoms with Gasteiger partial charge >= 0.3 is 0 Å². The zero-order valence-electron chi connectivity index (χ0n) is 17.4. The van der Waals surface area contributed by atoms with Crippen molar-refractivity contribution in [2.24, 2.45) is 0 Å². The summed E-state index contributed by atoms with van der Waals surface area (Å²) in [6.07, 6.45) is 4.07. The number of sulfonamides is 1. The number of nitrogens with zero attached hydrogens (tertiary/aromatic N) is 2. The van der Waals surface area contributed by atoms with E-state index in [4.69, 9.17) is 9.47 Å². The molecule has 1 aliphatic carbocycles. The van der Waals surface area contributed by atoms with Crippen LogP contribution in [-0.2, 0) is 34.1 Å². The molecule has 2 aliphatic heterocycles. The monoisotopic (exact) mass is 442 g/mol. The highest BCUT2D eigenvalue weighted by atomic mass is 32.2. The first-order valence-electron chi connectivity index (χ1n) is 10.8. The molecule has 0 atom stereocenters. The number of ether oxygens (including phenoxy) is 2. The Balaban J connectivity index is 1.16. The molecule has 0 unspecified atom stereocenters. The summed E-state index contributed by atoms with van der Waals surface area (Å²) in [4.78, 5) is 14.8. The molecule has 0 bridgehead atoms. The lowest BCUT2D eigenvalue weighted by molar-refractivity contribution is -0.132. The fourth-order valence-electron chi connectivity index (χ4n) is 4.54. The van der Waals surface area contributed by atoms with Gasteiger partial charge in [0.25, 0.3) is 0 Å². The summed E-state index contributed by atoms with van der Waals surface area (Å²) in [5, 5.41) is 0. The van der Waals surface area contributed by atoms with Crippen LogP contribution in [0.25, 0.3) is 0 Å². The van der Waals surface area contributed by atoms with Crippen LogP contribution in [0.4, 0.5) is 0 Å². The van der Waals surface area contributed by atoms with E-state index in [9.17, 15) is 13.2 Å². The molecule has 0 N–H and O–H groups in total. The molecule has 5 rings (SSSR count). The van der Waals surface area contributed by atoms with Gasteiger partial charge in [0.1, 0.15) is 0 Å². The highest BCUT2D eigenvalue weighted by Crippen LogP contribution is 2.33. The summed E-state index contributed by atoms with van der Waals surface area (Å²) in [5.74, 6) is 1.50. The van der Waals surface area contributed by atoms with Crippen LogP contribution in [0.5, 0.6) is 11.5 Å². The summed E-state index contributed by atoms with van der Waals surface area (Å²) < 4.78 is 38.3. The van der Waals surface area contributed by atoms with Gasteiger partial charge in [-0.2, -0.15) is 4.31 Å². The molecule has 31 heavy (non-hydrogen) atoms. The third kappa shape index (κ3) is 4.02. The van der Waals surface area contributed by atoms with Crippen molar-refractivity contribution in [1.82, 2.24) is 9.21 Å². The van der Waals surface area contributed by atoms with Gasteiger partial charge in [0.15, 0.2) is 11.5 Å². The van der Waals surface area contributed by atoms with Crippen LogP contribution >= 0.6 is 0 Å². The number of hydrogen-bond donors (Lipinski definition) is 0. The van der Waals surface area contributed by atoms with E-state index < -0.39 is 10.0 Å². The molecule has 8 heteroatoms. The highest BCUT2D eigenvalue weighted by molar-refractivity contribution is 7.89. The van der Waals surface area contributed by atoms with Gasteiger partial charge in [0.05, 0.1) is 4.90 Å². The maximum Gasteiger partial charge on any atom is 0.243 e. The molecule has 3 aliphatic rings. The summed E-state index contributed by atoms with van der Waals surface area (Å²) in [6.45, 7) is 1.73. The molecule has 0 aromatic heterocycles. The highest BCUT2D eigenvalue weighted by Gasteiger charge is 2.30. The Hall–Kier alpha value is -2.58. The lowest BCUT2D eigenvalue weighted by Gasteiger charge is -2.34. The van der Waals surface area contributed by atoms with Crippen molar-refractivity contribution in [3.63, 3.8) is 0 Å². The SMILES string of the molecule is O=C(CCc1ccc2c(c1)OCO2)N1CCN(S(=O)(=O)c2ccc3c(c2)CCC3)CC1. The van der Waals surface area contributed by atoms with E-state index in [1.165, 1.54) is 9.87 Å². The minimum atomic E-state index is -3.52. The van der Waals surface area contributed by atoms with E-state index in [0.717, 1.165) is 41.9 Å². The van der Waals surface area contributed by atoms with Crippen molar-refractivity contribution in [2.75, 3.05) is 33.0 Å². The zero-order valence-corrected chi connectivity index (χ0v) is 18.2. The van der Waals surface area contributed by atoms with Gasteiger partial charge < -0.3 is 14.4 Å². The lowest BCUT2D eigenvalue weighted by atomic mass is 10.1. The first-order chi connectivity index (χ1) is 15.0. The Labute approximate surface area is 182 Å². The molecule has 1 amide bonds. The zero-order chi connectivity index (χ0) is 21.4. The normalized spacial score (nSPS) is 18.3. The number of fused-ring (bicyclic) bond motifs is 2. The van der Waals surface area contributed by atoms with Crippen LogP contribution in [0, 0.1) is 0 Å². The number of piperazine rings is 1. The third-order valence-corrected chi connectivity index (χ3v) is 8.26. The second-order valence-corrected chi connectivity index (χ2v) is 10.2. The quantitative estimate of drug-likeness (QED) is 0.711.